The highest BCUT2D eigenvalue weighted by atomic mass is 35.5. The SMILES string of the molecule is Cc1c(Cl)cccc1N(CC(=O)NN=C1CCC(C(C)(C)C)CC1)S(C)(=O)=O. The summed E-state index contributed by atoms with van der Waals surface area (Å²) in [5.41, 5.74) is 4.75. The lowest BCUT2D eigenvalue weighted by molar-refractivity contribution is -0.119. The molecule has 2 rings (SSSR count). The van der Waals surface area contributed by atoms with Crippen molar-refractivity contribution in [1.29, 1.82) is 0 Å². The van der Waals surface area contributed by atoms with Gasteiger partial charge in [-0.2, -0.15) is 5.10 Å². The van der Waals surface area contributed by atoms with Crippen LogP contribution in [-0.4, -0.2) is 32.8 Å². The highest BCUT2D eigenvalue weighted by Gasteiger charge is 2.28. The van der Waals surface area contributed by atoms with Crippen LogP contribution in [0.1, 0.15) is 52.0 Å². The van der Waals surface area contributed by atoms with Gasteiger partial charge in [-0.3, -0.25) is 9.10 Å². The van der Waals surface area contributed by atoms with Crippen molar-refractivity contribution in [3.8, 4) is 0 Å². The fourth-order valence-corrected chi connectivity index (χ4v) is 4.56. The Morgan fingerprint density at radius 1 is 1.29 bits per heavy atom. The largest absolute Gasteiger partial charge is 0.271 e. The van der Waals surface area contributed by atoms with Gasteiger partial charge in [-0.25, -0.2) is 13.8 Å². The second-order valence-corrected chi connectivity index (χ2v) is 10.8. The van der Waals surface area contributed by atoms with Crippen molar-refractivity contribution in [2.45, 2.75) is 53.4 Å². The monoisotopic (exact) mass is 427 g/mol. The lowest BCUT2D eigenvalue weighted by Gasteiger charge is -2.34. The zero-order valence-corrected chi connectivity index (χ0v) is 18.8. The lowest BCUT2D eigenvalue weighted by atomic mass is 9.72. The smallest absolute Gasteiger partial charge is 0.260 e. The van der Waals surface area contributed by atoms with E-state index in [1.54, 1.807) is 25.1 Å². The number of carbonyl (C=O) groups is 1. The van der Waals surface area contributed by atoms with E-state index in [1.807, 2.05) is 0 Å². The van der Waals surface area contributed by atoms with Crippen LogP contribution in [0.5, 0.6) is 0 Å². The molecule has 1 aromatic carbocycles. The summed E-state index contributed by atoms with van der Waals surface area (Å²) in [4.78, 5) is 12.4. The van der Waals surface area contributed by atoms with Gasteiger partial charge in [-0.05, 0) is 61.6 Å². The molecule has 0 bridgehead atoms. The average Bonchev–Trinajstić information content (AvgIpc) is 2.59. The maximum Gasteiger partial charge on any atom is 0.260 e. The van der Waals surface area contributed by atoms with Crippen molar-refractivity contribution in [3.05, 3.63) is 28.8 Å². The molecule has 0 saturated heterocycles. The molecule has 0 atom stereocenters. The van der Waals surface area contributed by atoms with Gasteiger partial charge in [-0.15, -0.1) is 0 Å². The summed E-state index contributed by atoms with van der Waals surface area (Å²) in [6.07, 6.45) is 4.88. The summed E-state index contributed by atoms with van der Waals surface area (Å²) in [6.45, 7) is 8.13. The molecule has 6 nitrogen and oxygen atoms in total. The Labute approximate surface area is 173 Å². The fourth-order valence-electron chi connectivity index (χ4n) is 3.48. The number of nitrogens with one attached hydrogen (secondary N) is 1. The number of rotatable bonds is 5. The predicted octanol–water partition coefficient (Wildman–Crippen LogP) is 4.12. The lowest BCUT2D eigenvalue weighted by Crippen LogP contribution is -2.39. The zero-order valence-electron chi connectivity index (χ0n) is 17.3. The van der Waals surface area contributed by atoms with E-state index < -0.39 is 15.9 Å². The fraction of sp³-hybridized carbons (Fsp3) is 0.600. The molecule has 1 amide bonds. The maximum absolute atomic E-state index is 12.4. The molecule has 1 aliphatic carbocycles. The van der Waals surface area contributed by atoms with E-state index in [-0.39, 0.29) is 12.0 Å². The molecule has 28 heavy (non-hydrogen) atoms. The van der Waals surface area contributed by atoms with E-state index in [1.165, 1.54) is 0 Å². The van der Waals surface area contributed by atoms with Crippen LogP contribution in [0.25, 0.3) is 0 Å². The minimum Gasteiger partial charge on any atom is -0.271 e. The van der Waals surface area contributed by atoms with Crippen LogP contribution in [0.15, 0.2) is 23.3 Å². The van der Waals surface area contributed by atoms with Crippen LogP contribution in [0.4, 0.5) is 5.69 Å². The molecular formula is C20H30ClN3O3S. The second kappa shape index (κ2) is 8.82. The van der Waals surface area contributed by atoms with E-state index in [4.69, 9.17) is 11.6 Å². The number of hydrazone groups is 1. The Hall–Kier alpha value is -1.60. The summed E-state index contributed by atoms with van der Waals surface area (Å²) in [7, 11) is -3.65. The Bertz CT molecular complexity index is 850. The summed E-state index contributed by atoms with van der Waals surface area (Å²) in [6, 6.07) is 4.98. The topological polar surface area (TPSA) is 78.8 Å². The summed E-state index contributed by atoms with van der Waals surface area (Å²) in [5, 5.41) is 4.68. The van der Waals surface area contributed by atoms with Crippen LogP contribution < -0.4 is 9.73 Å². The van der Waals surface area contributed by atoms with Crippen molar-refractivity contribution in [2.75, 3.05) is 17.1 Å². The molecule has 0 spiro atoms. The van der Waals surface area contributed by atoms with Gasteiger partial charge in [-0.1, -0.05) is 38.4 Å². The Morgan fingerprint density at radius 2 is 1.89 bits per heavy atom. The Morgan fingerprint density at radius 3 is 2.43 bits per heavy atom. The molecule has 0 heterocycles. The van der Waals surface area contributed by atoms with E-state index in [2.05, 4.69) is 31.3 Å². The first-order valence-electron chi connectivity index (χ1n) is 9.46. The molecule has 8 heteroatoms. The number of sulfonamides is 1. The van der Waals surface area contributed by atoms with Crippen molar-refractivity contribution >= 4 is 38.9 Å². The predicted molar refractivity (Wildman–Crippen MR) is 115 cm³/mol. The first-order chi connectivity index (χ1) is 12.9. The standard InChI is InChI=1S/C20H30ClN3O3S/c1-14-17(21)7-6-8-18(14)24(28(5,26)27)13-19(25)23-22-16-11-9-15(10-12-16)20(2,3)4/h6-8,15H,9-13H2,1-5H3,(H,23,25). The van der Waals surface area contributed by atoms with Gasteiger partial charge in [0, 0.05) is 10.7 Å². The van der Waals surface area contributed by atoms with Crippen LogP contribution in [0.3, 0.4) is 0 Å². The molecule has 0 aromatic heterocycles. The molecule has 0 radical (unpaired) electrons. The number of anilines is 1. The third-order valence-electron chi connectivity index (χ3n) is 5.32. The van der Waals surface area contributed by atoms with Gasteiger partial charge in [0.05, 0.1) is 11.9 Å². The summed E-state index contributed by atoms with van der Waals surface area (Å²) >= 11 is 6.11. The Balaban J connectivity index is 2.05. The number of carbonyl (C=O) groups excluding carboxylic acids is 1. The number of nitrogens with zero attached hydrogens (tertiary/aromatic N) is 2. The van der Waals surface area contributed by atoms with Crippen LogP contribution in [-0.2, 0) is 14.8 Å². The zero-order chi connectivity index (χ0) is 21.1. The second-order valence-electron chi connectivity index (χ2n) is 8.51. The van der Waals surface area contributed by atoms with E-state index in [0.717, 1.165) is 42.0 Å². The van der Waals surface area contributed by atoms with Gasteiger partial charge in [0.15, 0.2) is 0 Å². The summed E-state index contributed by atoms with van der Waals surface area (Å²) in [5.74, 6) is 0.170. The normalized spacial score (nSPS) is 17.9. The minimum absolute atomic E-state index is 0.277. The molecule has 1 saturated carbocycles. The van der Waals surface area contributed by atoms with Gasteiger partial charge in [0.2, 0.25) is 10.0 Å². The molecular weight excluding hydrogens is 398 g/mol. The maximum atomic E-state index is 12.4. The summed E-state index contributed by atoms with van der Waals surface area (Å²) < 4.78 is 25.5. The minimum atomic E-state index is -3.65. The number of hydrogen-bond acceptors (Lipinski definition) is 4. The highest BCUT2D eigenvalue weighted by Crippen LogP contribution is 2.36. The highest BCUT2D eigenvalue weighted by molar-refractivity contribution is 7.92. The molecule has 0 unspecified atom stereocenters. The van der Waals surface area contributed by atoms with Crippen molar-refractivity contribution in [1.82, 2.24) is 5.43 Å². The first-order valence-corrected chi connectivity index (χ1v) is 11.7. The van der Waals surface area contributed by atoms with Crippen molar-refractivity contribution in [2.24, 2.45) is 16.4 Å². The number of hydrogen-bond donors (Lipinski definition) is 1. The quantitative estimate of drug-likeness (QED) is 0.717. The van der Waals surface area contributed by atoms with Gasteiger partial charge >= 0.3 is 0 Å². The van der Waals surface area contributed by atoms with Crippen molar-refractivity contribution < 1.29 is 13.2 Å². The molecule has 1 fully saturated rings. The number of benzene rings is 1. The molecule has 1 N–H and O–H groups in total. The number of amides is 1. The molecule has 1 aliphatic rings. The van der Waals surface area contributed by atoms with E-state index in [0.29, 0.717) is 22.2 Å². The average molecular weight is 428 g/mol. The molecule has 1 aromatic rings. The van der Waals surface area contributed by atoms with Crippen LogP contribution in [0, 0.1) is 18.3 Å². The third-order valence-corrected chi connectivity index (χ3v) is 6.86. The van der Waals surface area contributed by atoms with Gasteiger partial charge in [0.25, 0.3) is 5.91 Å². The van der Waals surface area contributed by atoms with Gasteiger partial charge in [0.1, 0.15) is 6.54 Å². The van der Waals surface area contributed by atoms with Crippen LogP contribution in [0.2, 0.25) is 5.02 Å². The van der Waals surface area contributed by atoms with Crippen LogP contribution >= 0.6 is 11.6 Å². The first kappa shape index (κ1) is 22.7. The van der Waals surface area contributed by atoms with E-state index >= 15 is 0 Å². The number of halogens is 1. The molecule has 156 valence electrons. The molecule has 0 aliphatic heterocycles. The third kappa shape index (κ3) is 5.95. The van der Waals surface area contributed by atoms with E-state index in [9.17, 15) is 13.2 Å². The van der Waals surface area contributed by atoms with Gasteiger partial charge < -0.3 is 0 Å². The Kier molecular flexibility index (Phi) is 7.15. The van der Waals surface area contributed by atoms with Crippen molar-refractivity contribution in [3.63, 3.8) is 0 Å².